The van der Waals surface area contributed by atoms with Crippen molar-refractivity contribution in [3.05, 3.63) is 65.7 Å². The van der Waals surface area contributed by atoms with E-state index in [1.54, 1.807) is 30.3 Å². The Balaban J connectivity index is 2.01. The van der Waals surface area contributed by atoms with Gasteiger partial charge >= 0.3 is 5.97 Å². The molecule has 1 amide bonds. The van der Waals surface area contributed by atoms with Crippen molar-refractivity contribution in [1.29, 1.82) is 0 Å². The Morgan fingerprint density at radius 1 is 1.09 bits per heavy atom. The highest BCUT2D eigenvalue weighted by Gasteiger charge is 2.21. The highest BCUT2D eigenvalue weighted by Crippen LogP contribution is 2.13. The molecule has 0 radical (unpaired) electrons. The van der Waals surface area contributed by atoms with E-state index in [0.29, 0.717) is 5.69 Å². The van der Waals surface area contributed by atoms with Crippen LogP contribution in [0.5, 0.6) is 0 Å². The predicted molar refractivity (Wildman–Crippen MR) is 76.3 cm³/mol. The average Bonchev–Trinajstić information content (AvgIpc) is 2.50. The molecule has 114 valence electrons. The maximum Gasteiger partial charge on any atom is 0.342 e. The highest BCUT2D eigenvalue weighted by molar-refractivity contribution is 5.97. The quantitative estimate of drug-likeness (QED) is 0.883. The summed E-state index contributed by atoms with van der Waals surface area (Å²) in [5.74, 6) is -3.36. The summed E-state index contributed by atoms with van der Waals surface area (Å²) < 4.78 is 31.3. The molecule has 0 saturated heterocycles. The van der Waals surface area contributed by atoms with E-state index in [0.717, 1.165) is 18.2 Å². The van der Waals surface area contributed by atoms with Crippen LogP contribution < -0.4 is 5.32 Å². The minimum absolute atomic E-state index is 0.535. The highest BCUT2D eigenvalue weighted by atomic mass is 19.1. The number of ether oxygens (including phenoxy) is 1. The molecule has 0 bridgehead atoms. The van der Waals surface area contributed by atoms with Gasteiger partial charge in [0.2, 0.25) is 0 Å². The second-order valence-electron chi connectivity index (χ2n) is 4.53. The van der Waals surface area contributed by atoms with Crippen LogP contribution >= 0.6 is 0 Å². The van der Waals surface area contributed by atoms with E-state index in [9.17, 15) is 18.4 Å². The Bertz CT molecular complexity index is 689. The summed E-state index contributed by atoms with van der Waals surface area (Å²) in [6.07, 6.45) is -1.16. The van der Waals surface area contributed by atoms with Gasteiger partial charge in [-0.2, -0.15) is 0 Å². The molecule has 0 aliphatic heterocycles. The SMILES string of the molecule is CC(OC(=O)c1cc(F)ccc1F)C(=O)Nc1ccccc1. The number of esters is 1. The first-order valence-electron chi connectivity index (χ1n) is 6.49. The van der Waals surface area contributed by atoms with Gasteiger partial charge in [0.25, 0.3) is 5.91 Å². The van der Waals surface area contributed by atoms with Crippen LogP contribution in [0.3, 0.4) is 0 Å². The minimum Gasteiger partial charge on any atom is -0.449 e. The maximum absolute atomic E-state index is 13.5. The molecule has 22 heavy (non-hydrogen) atoms. The molecule has 4 nitrogen and oxygen atoms in total. The second-order valence-corrected chi connectivity index (χ2v) is 4.53. The van der Waals surface area contributed by atoms with E-state index >= 15 is 0 Å². The van der Waals surface area contributed by atoms with Gasteiger partial charge in [-0.1, -0.05) is 18.2 Å². The zero-order valence-corrected chi connectivity index (χ0v) is 11.7. The lowest BCUT2D eigenvalue weighted by Crippen LogP contribution is -2.30. The van der Waals surface area contributed by atoms with E-state index in [1.165, 1.54) is 6.92 Å². The van der Waals surface area contributed by atoms with Gasteiger partial charge in [-0.05, 0) is 37.3 Å². The lowest BCUT2D eigenvalue weighted by atomic mass is 10.2. The number of anilines is 1. The molecule has 0 aromatic heterocycles. The molecule has 2 aromatic carbocycles. The summed E-state index contributed by atoms with van der Waals surface area (Å²) in [7, 11) is 0. The predicted octanol–water partition coefficient (Wildman–Crippen LogP) is 3.15. The van der Waals surface area contributed by atoms with Crippen molar-refractivity contribution >= 4 is 17.6 Å². The first-order chi connectivity index (χ1) is 10.5. The number of rotatable bonds is 4. The van der Waals surface area contributed by atoms with Crippen molar-refractivity contribution < 1.29 is 23.1 Å². The largest absolute Gasteiger partial charge is 0.449 e. The summed E-state index contributed by atoms with van der Waals surface area (Å²) in [6, 6.07) is 11.0. The third-order valence-electron chi connectivity index (χ3n) is 2.84. The summed E-state index contributed by atoms with van der Waals surface area (Å²) >= 11 is 0. The average molecular weight is 305 g/mol. The topological polar surface area (TPSA) is 55.4 Å². The zero-order valence-electron chi connectivity index (χ0n) is 11.7. The van der Waals surface area contributed by atoms with E-state index < -0.39 is 35.2 Å². The van der Waals surface area contributed by atoms with Crippen LogP contribution in [0.25, 0.3) is 0 Å². The van der Waals surface area contributed by atoms with Crippen LogP contribution in [0.15, 0.2) is 48.5 Å². The fourth-order valence-electron chi connectivity index (χ4n) is 1.70. The van der Waals surface area contributed by atoms with E-state index in [2.05, 4.69) is 5.32 Å². The number of carbonyl (C=O) groups is 2. The lowest BCUT2D eigenvalue weighted by molar-refractivity contribution is -0.123. The lowest BCUT2D eigenvalue weighted by Gasteiger charge is -2.13. The molecule has 1 unspecified atom stereocenters. The van der Waals surface area contributed by atoms with Gasteiger partial charge in [0, 0.05) is 5.69 Å². The number of benzene rings is 2. The molecule has 1 atom stereocenters. The zero-order chi connectivity index (χ0) is 16.1. The van der Waals surface area contributed by atoms with Gasteiger partial charge in [-0.15, -0.1) is 0 Å². The van der Waals surface area contributed by atoms with Crippen LogP contribution in [-0.4, -0.2) is 18.0 Å². The number of hydrogen-bond donors (Lipinski definition) is 1. The van der Waals surface area contributed by atoms with E-state index in [-0.39, 0.29) is 0 Å². The van der Waals surface area contributed by atoms with Crippen molar-refractivity contribution in [2.75, 3.05) is 5.32 Å². The number of amides is 1. The molecular weight excluding hydrogens is 292 g/mol. The standard InChI is InChI=1S/C16H13F2NO3/c1-10(15(20)19-12-5-3-2-4-6-12)22-16(21)13-9-11(17)7-8-14(13)18/h2-10H,1H3,(H,19,20). The number of para-hydroxylation sites is 1. The number of carbonyl (C=O) groups excluding carboxylic acids is 2. The fraction of sp³-hybridized carbons (Fsp3) is 0.125. The minimum atomic E-state index is -1.16. The third kappa shape index (κ3) is 3.88. The summed E-state index contributed by atoms with van der Waals surface area (Å²) in [4.78, 5) is 23.7. The van der Waals surface area contributed by atoms with E-state index in [4.69, 9.17) is 4.74 Å². The molecular formula is C16H13F2NO3. The van der Waals surface area contributed by atoms with Gasteiger partial charge in [-0.25, -0.2) is 13.6 Å². The molecule has 2 rings (SSSR count). The monoisotopic (exact) mass is 305 g/mol. The Morgan fingerprint density at radius 3 is 2.45 bits per heavy atom. The Hall–Kier alpha value is -2.76. The van der Waals surface area contributed by atoms with Gasteiger partial charge in [-0.3, -0.25) is 4.79 Å². The molecule has 0 fully saturated rings. The molecule has 0 aliphatic rings. The van der Waals surface area contributed by atoms with Crippen LogP contribution in [0.4, 0.5) is 14.5 Å². The molecule has 0 saturated carbocycles. The molecule has 6 heteroatoms. The summed E-state index contributed by atoms with van der Waals surface area (Å²) in [6.45, 7) is 1.34. The van der Waals surface area contributed by atoms with Crippen LogP contribution in [-0.2, 0) is 9.53 Å². The maximum atomic E-state index is 13.5. The van der Waals surface area contributed by atoms with Crippen molar-refractivity contribution in [3.8, 4) is 0 Å². The Morgan fingerprint density at radius 2 is 1.77 bits per heavy atom. The second kappa shape index (κ2) is 6.80. The smallest absolute Gasteiger partial charge is 0.342 e. The number of halogens is 2. The first kappa shape index (κ1) is 15.6. The molecule has 0 aliphatic carbocycles. The van der Waals surface area contributed by atoms with Gasteiger partial charge in [0.15, 0.2) is 6.10 Å². The van der Waals surface area contributed by atoms with Crippen molar-refractivity contribution in [2.45, 2.75) is 13.0 Å². The molecule has 2 aromatic rings. The third-order valence-corrected chi connectivity index (χ3v) is 2.84. The first-order valence-corrected chi connectivity index (χ1v) is 6.49. The number of nitrogens with one attached hydrogen (secondary N) is 1. The normalized spacial score (nSPS) is 11.6. The van der Waals surface area contributed by atoms with Gasteiger partial charge in [0.05, 0.1) is 5.56 Å². The molecule has 1 N–H and O–H groups in total. The fourth-order valence-corrected chi connectivity index (χ4v) is 1.70. The van der Waals surface area contributed by atoms with Crippen LogP contribution in [0, 0.1) is 11.6 Å². The summed E-state index contributed by atoms with van der Waals surface area (Å²) in [5.41, 5.74) is -0.0216. The van der Waals surface area contributed by atoms with E-state index in [1.807, 2.05) is 0 Å². The molecule has 0 heterocycles. The van der Waals surface area contributed by atoms with Crippen molar-refractivity contribution in [3.63, 3.8) is 0 Å². The van der Waals surface area contributed by atoms with Crippen molar-refractivity contribution in [1.82, 2.24) is 0 Å². The Labute approximate surface area is 125 Å². The van der Waals surface area contributed by atoms with Crippen molar-refractivity contribution in [2.24, 2.45) is 0 Å². The number of hydrogen-bond acceptors (Lipinski definition) is 3. The van der Waals surface area contributed by atoms with Gasteiger partial charge in [0.1, 0.15) is 11.6 Å². The summed E-state index contributed by atoms with van der Waals surface area (Å²) in [5, 5.41) is 2.54. The van der Waals surface area contributed by atoms with Crippen LogP contribution in [0.1, 0.15) is 17.3 Å². The molecule has 0 spiro atoms. The Kier molecular flexibility index (Phi) is 4.83. The van der Waals surface area contributed by atoms with Crippen LogP contribution in [0.2, 0.25) is 0 Å². The van der Waals surface area contributed by atoms with Gasteiger partial charge < -0.3 is 10.1 Å².